The Bertz CT molecular complexity index is 1100. The zero-order chi connectivity index (χ0) is 21.1. The molecule has 1 fully saturated rings. The molecule has 1 aromatic carbocycles. The van der Waals surface area contributed by atoms with Crippen LogP contribution >= 0.6 is 11.6 Å². The van der Waals surface area contributed by atoms with E-state index < -0.39 is 11.5 Å². The van der Waals surface area contributed by atoms with Crippen LogP contribution in [-0.4, -0.2) is 30.1 Å². The second-order valence-electron chi connectivity index (χ2n) is 7.21. The van der Waals surface area contributed by atoms with Crippen LogP contribution in [0.2, 0.25) is 5.02 Å². The number of hydrogen-bond acceptors (Lipinski definition) is 6. The van der Waals surface area contributed by atoms with Crippen molar-refractivity contribution in [2.45, 2.75) is 37.8 Å². The smallest absolute Gasteiger partial charge is 0.349 e. The van der Waals surface area contributed by atoms with Gasteiger partial charge >= 0.3 is 5.63 Å². The number of carbonyl (C=O) groups excluding carboxylic acids is 1. The lowest BCUT2D eigenvalue weighted by atomic mass is 9.92. The Morgan fingerprint density at radius 2 is 2.00 bits per heavy atom. The van der Waals surface area contributed by atoms with Crippen molar-refractivity contribution in [2.75, 3.05) is 7.11 Å². The number of nitrogens with zero attached hydrogens (tertiary/aromatic N) is 1. The Labute approximate surface area is 178 Å². The number of amides is 1. The van der Waals surface area contributed by atoms with Crippen LogP contribution in [0.25, 0.3) is 11.0 Å². The first-order valence-electron chi connectivity index (χ1n) is 9.73. The Morgan fingerprint density at radius 1 is 1.20 bits per heavy atom. The van der Waals surface area contributed by atoms with E-state index in [0.717, 1.165) is 25.7 Å². The summed E-state index contributed by atoms with van der Waals surface area (Å²) >= 11 is 5.84. The molecule has 1 aliphatic carbocycles. The van der Waals surface area contributed by atoms with Crippen molar-refractivity contribution in [3.8, 4) is 11.6 Å². The molecule has 0 radical (unpaired) electrons. The average molecular weight is 429 g/mol. The van der Waals surface area contributed by atoms with Gasteiger partial charge in [0.1, 0.15) is 11.7 Å². The average Bonchev–Trinajstić information content (AvgIpc) is 2.75. The first kappa shape index (κ1) is 20.2. The molecule has 2 heterocycles. The van der Waals surface area contributed by atoms with E-state index in [-0.39, 0.29) is 17.7 Å². The van der Waals surface area contributed by atoms with Crippen molar-refractivity contribution in [1.82, 2.24) is 10.3 Å². The van der Waals surface area contributed by atoms with Crippen LogP contribution in [0.15, 0.2) is 51.8 Å². The van der Waals surface area contributed by atoms with Crippen molar-refractivity contribution in [1.29, 1.82) is 0 Å². The van der Waals surface area contributed by atoms with Crippen LogP contribution in [0, 0.1) is 0 Å². The monoisotopic (exact) mass is 428 g/mol. The number of halogens is 1. The fourth-order valence-electron chi connectivity index (χ4n) is 3.63. The number of methoxy groups -OCH3 is 1. The molecule has 8 heteroatoms. The summed E-state index contributed by atoms with van der Waals surface area (Å²) in [5.74, 6) is 0.554. The predicted molar refractivity (Wildman–Crippen MR) is 112 cm³/mol. The Balaban J connectivity index is 1.38. The highest BCUT2D eigenvalue weighted by Gasteiger charge is 2.25. The Morgan fingerprint density at radius 3 is 2.70 bits per heavy atom. The summed E-state index contributed by atoms with van der Waals surface area (Å²) in [4.78, 5) is 29.2. The molecule has 156 valence electrons. The first-order valence-corrected chi connectivity index (χ1v) is 10.1. The lowest BCUT2D eigenvalue weighted by molar-refractivity contribution is 0.0886. The van der Waals surface area contributed by atoms with Crippen LogP contribution in [0.5, 0.6) is 11.6 Å². The summed E-state index contributed by atoms with van der Waals surface area (Å²) in [7, 11) is 1.50. The van der Waals surface area contributed by atoms with Gasteiger partial charge in [-0.2, -0.15) is 0 Å². The fourth-order valence-corrected chi connectivity index (χ4v) is 3.74. The quantitative estimate of drug-likeness (QED) is 0.618. The van der Waals surface area contributed by atoms with Crippen molar-refractivity contribution >= 4 is 28.5 Å². The van der Waals surface area contributed by atoms with Gasteiger partial charge in [0, 0.05) is 23.7 Å². The minimum absolute atomic E-state index is 0.0144. The first-order chi connectivity index (χ1) is 14.5. The third-order valence-electron chi connectivity index (χ3n) is 5.19. The molecule has 3 aromatic rings. The number of nitrogens with one attached hydrogen (secondary N) is 1. The Hall–Kier alpha value is -3.06. The largest absolute Gasteiger partial charge is 0.493 e. The molecule has 1 saturated carbocycles. The Kier molecular flexibility index (Phi) is 5.90. The van der Waals surface area contributed by atoms with Crippen LogP contribution in [0.4, 0.5) is 0 Å². The summed E-state index contributed by atoms with van der Waals surface area (Å²) in [6.45, 7) is 0. The molecule has 4 rings (SSSR count). The van der Waals surface area contributed by atoms with Gasteiger partial charge in [0.2, 0.25) is 5.88 Å². The maximum atomic E-state index is 12.7. The summed E-state index contributed by atoms with van der Waals surface area (Å²) in [6.07, 6.45) is 4.63. The van der Waals surface area contributed by atoms with Crippen LogP contribution in [0.1, 0.15) is 36.0 Å². The number of ether oxygens (including phenoxy) is 2. The lowest BCUT2D eigenvalue weighted by Gasteiger charge is -2.29. The SMILES string of the molecule is COc1cccc2cc(C(=O)NC3CCC(Oc4ccc(Cl)cn4)CC3)c(=O)oc12. The fraction of sp³-hybridized carbons (Fsp3) is 0.318. The highest BCUT2D eigenvalue weighted by Crippen LogP contribution is 2.26. The highest BCUT2D eigenvalue weighted by atomic mass is 35.5. The van der Waals surface area contributed by atoms with Gasteiger partial charge in [-0.05, 0) is 43.9 Å². The molecule has 7 nitrogen and oxygen atoms in total. The van der Waals surface area contributed by atoms with E-state index in [2.05, 4.69) is 10.3 Å². The normalized spacial score (nSPS) is 18.7. The van der Waals surface area contributed by atoms with E-state index in [1.54, 1.807) is 42.6 Å². The molecule has 1 N–H and O–H groups in total. The van der Waals surface area contributed by atoms with Crippen LogP contribution < -0.4 is 20.4 Å². The van der Waals surface area contributed by atoms with Crippen molar-refractivity contribution < 1.29 is 18.7 Å². The third kappa shape index (κ3) is 4.41. The number of rotatable bonds is 5. The molecule has 0 atom stereocenters. The molecule has 1 amide bonds. The second-order valence-corrected chi connectivity index (χ2v) is 7.64. The molecule has 30 heavy (non-hydrogen) atoms. The topological polar surface area (TPSA) is 90.7 Å². The zero-order valence-corrected chi connectivity index (χ0v) is 17.1. The summed E-state index contributed by atoms with van der Waals surface area (Å²) in [6, 6.07) is 10.2. The minimum atomic E-state index is -0.685. The minimum Gasteiger partial charge on any atom is -0.493 e. The molecule has 0 unspecified atom stereocenters. The number of para-hydroxylation sites is 1. The number of fused-ring (bicyclic) bond motifs is 1. The van der Waals surface area contributed by atoms with E-state index >= 15 is 0 Å². The van der Waals surface area contributed by atoms with Crippen LogP contribution in [0.3, 0.4) is 0 Å². The number of aromatic nitrogens is 1. The summed E-state index contributed by atoms with van der Waals surface area (Å²) < 4.78 is 16.4. The second kappa shape index (κ2) is 8.75. The van der Waals surface area contributed by atoms with Gasteiger partial charge in [0.05, 0.1) is 12.1 Å². The lowest BCUT2D eigenvalue weighted by Crippen LogP contribution is -2.41. The standard InChI is InChI=1S/C22H21ClN2O5/c1-28-18-4-2-3-13-11-17(22(27)30-20(13)18)21(26)25-15-6-8-16(9-7-15)29-19-10-5-14(23)12-24-19/h2-5,10-12,15-16H,6-9H2,1H3,(H,25,26). The predicted octanol–water partition coefficient (Wildman–Crippen LogP) is 3.97. The molecular formula is C22H21ClN2O5. The summed E-state index contributed by atoms with van der Waals surface area (Å²) in [5.41, 5.74) is -0.371. The number of benzene rings is 1. The van der Waals surface area contributed by atoms with Gasteiger partial charge in [-0.1, -0.05) is 23.7 Å². The molecule has 0 bridgehead atoms. The molecule has 2 aromatic heterocycles. The number of pyridine rings is 1. The van der Waals surface area contributed by atoms with Crippen LogP contribution in [-0.2, 0) is 0 Å². The highest BCUT2D eigenvalue weighted by molar-refractivity contribution is 6.30. The van der Waals surface area contributed by atoms with E-state index in [1.165, 1.54) is 7.11 Å². The number of carbonyl (C=O) groups is 1. The molecular weight excluding hydrogens is 408 g/mol. The van der Waals surface area contributed by atoms with Gasteiger partial charge in [-0.15, -0.1) is 0 Å². The van der Waals surface area contributed by atoms with E-state index in [9.17, 15) is 9.59 Å². The van der Waals surface area contributed by atoms with Crippen molar-refractivity contribution in [2.24, 2.45) is 0 Å². The third-order valence-corrected chi connectivity index (χ3v) is 5.41. The zero-order valence-electron chi connectivity index (χ0n) is 16.4. The van der Waals surface area contributed by atoms with Gasteiger partial charge in [0.25, 0.3) is 5.91 Å². The number of hydrogen-bond donors (Lipinski definition) is 1. The summed E-state index contributed by atoms with van der Waals surface area (Å²) in [5, 5.41) is 4.13. The van der Waals surface area contributed by atoms with Gasteiger partial charge < -0.3 is 19.2 Å². The van der Waals surface area contributed by atoms with E-state index in [4.69, 9.17) is 25.5 Å². The van der Waals surface area contributed by atoms with E-state index in [1.807, 2.05) is 0 Å². The van der Waals surface area contributed by atoms with Crippen molar-refractivity contribution in [3.63, 3.8) is 0 Å². The van der Waals surface area contributed by atoms with E-state index in [0.29, 0.717) is 27.6 Å². The molecule has 0 saturated heterocycles. The molecule has 0 aliphatic heterocycles. The molecule has 1 aliphatic rings. The maximum absolute atomic E-state index is 12.7. The maximum Gasteiger partial charge on any atom is 0.349 e. The van der Waals surface area contributed by atoms with Gasteiger partial charge in [0.15, 0.2) is 11.3 Å². The molecule has 0 spiro atoms. The van der Waals surface area contributed by atoms with Gasteiger partial charge in [-0.25, -0.2) is 9.78 Å². The van der Waals surface area contributed by atoms with Gasteiger partial charge in [-0.3, -0.25) is 4.79 Å². The van der Waals surface area contributed by atoms with Crippen molar-refractivity contribution in [3.05, 3.63) is 63.6 Å².